The summed E-state index contributed by atoms with van der Waals surface area (Å²) < 4.78 is 0.726. The van der Waals surface area contributed by atoms with Crippen molar-refractivity contribution in [2.75, 3.05) is 16.4 Å². The number of aryl methyl sites for hydroxylation is 2. The largest absolute Gasteiger partial charge is 0.330 e. The smallest absolute Gasteiger partial charge is 0.235 e. The number of amides is 1. The first kappa shape index (κ1) is 20.8. The standard InChI is InChI=1S/C21H21N5OS3/c1-13-7-5-6-9-16(13)23-20-25-26-21(30-20)28-12-18(27)24-19-15(11-22)14-8-3-2-4-10-17(14)29-19/h5-7,9H,2-4,8,10,12H2,1H3,(H,23,25)(H,24,27). The Bertz CT molecular complexity index is 1100. The van der Waals surface area contributed by atoms with E-state index in [1.807, 2.05) is 31.2 Å². The number of benzene rings is 1. The molecule has 0 bridgehead atoms. The zero-order valence-electron chi connectivity index (χ0n) is 16.5. The second-order valence-electron chi connectivity index (χ2n) is 7.03. The summed E-state index contributed by atoms with van der Waals surface area (Å²) in [7, 11) is 0. The van der Waals surface area contributed by atoms with Gasteiger partial charge in [-0.05, 0) is 49.8 Å². The monoisotopic (exact) mass is 455 g/mol. The summed E-state index contributed by atoms with van der Waals surface area (Å²) in [4.78, 5) is 13.7. The Labute approximate surface area is 187 Å². The maximum Gasteiger partial charge on any atom is 0.235 e. The zero-order chi connectivity index (χ0) is 20.9. The van der Waals surface area contributed by atoms with E-state index in [0.29, 0.717) is 15.7 Å². The van der Waals surface area contributed by atoms with Crippen LogP contribution in [-0.2, 0) is 17.6 Å². The fraction of sp³-hybridized carbons (Fsp3) is 0.333. The normalized spacial score (nSPS) is 13.2. The number of carbonyl (C=O) groups excluding carboxylic acids is 1. The third kappa shape index (κ3) is 4.83. The van der Waals surface area contributed by atoms with Gasteiger partial charge in [-0.1, -0.05) is 47.7 Å². The molecule has 0 radical (unpaired) electrons. The topological polar surface area (TPSA) is 90.7 Å². The maximum atomic E-state index is 12.5. The van der Waals surface area contributed by atoms with E-state index < -0.39 is 0 Å². The fourth-order valence-corrected chi connectivity index (χ4v) is 6.21. The molecule has 0 atom stereocenters. The maximum absolute atomic E-state index is 12.5. The van der Waals surface area contributed by atoms with Crippen LogP contribution in [0, 0.1) is 18.3 Å². The van der Waals surface area contributed by atoms with Crippen LogP contribution in [0.1, 0.15) is 40.8 Å². The van der Waals surface area contributed by atoms with Crippen molar-refractivity contribution in [1.82, 2.24) is 10.2 Å². The molecule has 0 spiro atoms. The highest BCUT2D eigenvalue weighted by molar-refractivity contribution is 8.01. The van der Waals surface area contributed by atoms with Crippen molar-refractivity contribution in [3.63, 3.8) is 0 Å². The Hall–Kier alpha value is -2.41. The number of nitriles is 1. The van der Waals surface area contributed by atoms with Gasteiger partial charge in [-0.25, -0.2) is 0 Å². The molecule has 2 aromatic heterocycles. The molecule has 1 aliphatic carbocycles. The van der Waals surface area contributed by atoms with E-state index in [0.717, 1.165) is 46.8 Å². The summed E-state index contributed by atoms with van der Waals surface area (Å²) in [6.07, 6.45) is 5.39. The molecule has 1 aromatic carbocycles. The summed E-state index contributed by atoms with van der Waals surface area (Å²) in [6.45, 7) is 2.03. The lowest BCUT2D eigenvalue weighted by molar-refractivity contribution is -0.113. The molecule has 6 nitrogen and oxygen atoms in total. The first-order valence-electron chi connectivity index (χ1n) is 9.77. The number of nitrogens with one attached hydrogen (secondary N) is 2. The van der Waals surface area contributed by atoms with Gasteiger partial charge in [0.2, 0.25) is 11.0 Å². The minimum atomic E-state index is -0.128. The zero-order valence-corrected chi connectivity index (χ0v) is 19.0. The van der Waals surface area contributed by atoms with E-state index in [2.05, 4.69) is 26.9 Å². The van der Waals surface area contributed by atoms with Crippen LogP contribution in [-0.4, -0.2) is 21.9 Å². The van der Waals surface area contributed by atoms with Gasteiger partial charge in [-0.15, -0.1) is 21.5 Å². The van der Waals surface area contributed by atoms with Crippen molar-refractivity contribution < 1.29 is 4.79 Å². The van der Waals surface area contributed by atoms with Crippen LogP contribution in [0.5, 0.6) is 0 Å². The van der Waals surface area contributed by atoms with Crippen LogP contribution >= 0.6 is 34.4 Å². The lowest BCUT2D eigenvalue weighted by atomic mass is 10.1. The molecule has 0 saturated carbocycles. The van der Waals surface area contributed by atoms with E-state index >= 15 is 0 Å². The predicted molar refractivity (Wildman–Crippen MR) is 124 cm³/mol. The molecular weight excluding hydrogens is 434 g/mol. The molecule has 4 rings (SSSR count). The van der Waals surface area contributed by atoms with E-state index in [1.54, 1.807) is 11.3 Å². The van der Waals surface area contributed by atoms with E-state index in [-0.39, 0.29) is 11.7 Å². The van der Waals surface area contributed by atoms with Gasteiger partial charge in [0.1, 0.15) is 11.1 Å². The van der Waals surface area contributed by atoms with Gasteiger partial charge in [0.25, 0.3) is 0 Å². The van der Waals surface area contributed by atoms with E-state index in [1.165, 1.54) is 34.4 Å². The molecule has 1 aliphatic rings. The van der Waals surface area contributed by atoms with E-state index in [9.17, 15) is 10.1 Å². The van der Waals surface area contributed by atoms with Crippen LogP contribution in [0.4, 0.5) is 15.8 Å². The van der Waals surface area contributed by atoms with Crippen molar-refractivity contribution in [3.8, 4) is 6.07 Å². The third-order valence-electron chi connectivity index (χ3n) is 4.91. The van der Waals surface area contributed by atoms with E-state index in [4.69, 9.17) is 0 Å². The average Bonchev–Trinajstić information content (AvgIpc) is 3.24. The number of hydrogen-bond acceptors (Lipinski definition) is 8. The summed E-state index contributed by atoms with van der Waals surface area (Å²) in [5, 5.41) is 25.5. The number of anilines is 3. The van der Waals surface area contributed by atoms with Crippen molar-refractivity contribution in [1.29, 1.82) is 5.26 Å². The summed E-state index contributed by atoms with van der Waals surface area (Å²) >= 11 is 4.32. The second kappa shape index (κ2) is 9.60. The van der Waals surface area contributed by atoms with Gasteiger partial charge in [0.05, 0.1) is 11.3 Å². The van der Waals surface area contributed by atoms with Crippen LogP contribution < -0.4 is 10.6 Å². The highest BCUT2D eigenvalue weighted by Crippen LogP contribution is 2.37. The Kier molecular flexibility index (Phi) is 6.67. The Balaban J connectivity index is 1.35. The molecule has 0 fully saturated rings. The number of carbonyl (C=O) groups is 1. The van der Waals surface area contributed by atoms with Crippen molar-refractivity contribution in [2.45, 2.75) is 43.4 Å². The molecule has 1 amide bonds. The quantitative estimate of drug-likeness (QED) is 0.375. The molecule has 0 unspecified atom stereocenters. The molecular formula is C21H21N5OS3. The van der Waals surface area contributed by atoms with Gasteiger partial charge in [-0.3, -0.25) is 4.79 Å². The van der Waals surface area contributed by atoms with Gasteiger partial charge in [-0.2, -0.15) is 5.26 Å². The molecule has 2 N–H and O–H groups in total. The Morgan fingerprint density at radius 1 is 1.20 bits per heavy atom. The fourth-order valence-electron chi connectivity index (χ4n) is 3.39. The number of nitrogens with zero attached hydrogens (tertiary/aromatic N) is 3. The molecule has 2 heterocycles. The lowest BCUT2D eigenvalue weighted by Gasteiger charge is -2.04. The second-order valence-corrected chi connectivity index (χ2v) is 10.3. The minimum absolute atomic E-state index is 0.128. The number of thiophene rings is 1. The van der Waals surface area contributed by atoms with Crippen LogP contribution in [0.2, 0.25) is 0 Å². The average molecular weight is 456 g/mol. The Morgan fingerprint density at radius 3 is 2.87 bits per heavy atom. The molecule has 30 heavy (non-hydrogen) atoms. The number of hydrogen-bond donors (Lipinski definition) is 2. The summed E-state index contributed by atoms with van der Waals surface area (Å²) in [5.41, 5.74) is 3.91. The summed E-state index contributed by atoms with van der Waals surface area (Å²) in [6, 6.07) is 10.3. The third-order valence-corrected chi connectivity index (χ3v) is 8.09. The Morgan fingerprint density at radius 2 is 2.03 bits per heavy atom. The van der Waals surface area contributed by atoms with Gasteiger partial charge in [0, 0.05) is 10.6 Å². The molecule has 9 heteroatoms. The SMILES string of the molecule is Cc1ccccc1Nc1nnc(SCC(=O)Nc2sc3c(c2C#N)CCCCC3)s1. The predicted octanol–water partition coefficient (Wildman–Crippen LogP) is 5.52. The van der Waals surface area contributed by atoms with Gasteiger partial charge in [0.15, 0.2) is 4.34 Å². The highest BCUT2D eigenvalue weighted by Gasteiger charge is 2.21. The molecule has 0 aliphatic heterocycles. The lowest BCUT2D eigenvalue weighted by Crippen LogP contribution is -2.13. The van der Waals surface area contributed by atoms with Crippen molar-refractivity contribution in [3.05, 3.63) is 45.8 Å². The number of fused-ring (bicyclic) bond motifs is 1. The molecule has 154 valence electrons. The molecule has 3 aromatic rings. The van der Waals surface area contributed by atoms with Gasteiger partial charge < -0.3 is 10.6 Å². The number of para-hydroxylation sites is 1. The number of thioether (sulfide) groups is 1. The highest BCUT2D eigenvalue weighted by atomic mass is 32.2. The van der Waals surface area contributed by atoms with Gasteiger partial charge >= 0.3 is 0 Å². The van der Waals surface area contributed by atoms with Crippen LogP contribution in [0.15, 0.2) is 28.6 Å². The number of rotatable bonds is 6. The molecule has 0 saturated heterocycles. The number of aromatic nitrogens is 2. The summed E-state index contributed by atoms with van der Waals surface area (Å²) in [5.74, 6) is 0.100. The first-order chi connectivity index (χ1) is 14.6. The first-order valence-corrected chi connectivity index (χ1v) is 12.4. The van der Waals surface area contributed by atoms with Crippen molar-refractivity contribution in [2.24, 2.45) is 0 Å². The minimum Gasteiger partial charge on any atom is -0.330 e. The van der Waals surface area contributed by atoms with Crippen LogP contribution in [0.3, 0.4) is 0 Å². The van der Waals surface area contributed by atoms with Crippen molar-refractivity contribution >= 4 is 56.2 Å². The van der Waals surface area contributed by atoms with Crippen LogP contribution in [0.25, 0.3) is 0 Å².